The fourth-order valence-electron chi connectivity index (χ4n) is 4.41. The zero-order valence-electron chi connectivity index (χ0n) is 17.5. The number of nitrogens with zero attached hydrogens (tertiary/aromatic N) is 3. The van der Waals surface area contributed by atoms with E-state index in [1.54, 1.807) is 6.20 Å². The molecule has 1 aliphatic rings. The van der Waals surface area contributed by atoms with Crippen LogP contribution in [0.2, 0.25) is 0 Å². The number of halogens is 1. The van der Waals surface area contributed by atoms with Crippen LogP contribution in [-0.4, -0.2) is 63.1 Å². The average Bonchev–Trinajstić information content (AvgIpc) is 3.27. The Kier molecular flexibility index (Phi) is 7.68. The van der Waals surface area contributed by atoms with Crippen molar-refractivity contribution >= 4 is 27.0 Å². The summed E-state index contributed by atoms with van der Waals surface area (Å²) in [6.45, 7) is 3.51. The molecule has 1 saturated carbocycles. The number of benzene rings is 1. The summed E-state index contributed by atoms with van der Waals surface area (Å²) in [7, 11) is 0. The number of aliphatic hydroxyl groups excluding tert-OH is 2. The highest BCUT2D eigenvalue weighted by Gasteiger charge is 2.42. The molecule has 31 heavy (non-hydrogen) atoms. The van der Waals surface area contributed by atoms with Crippen molar-refractivity contribution in [2.45, 2.75) is 37.5 Å². The molecule has 0 amide bonds. The first-order chi connectivity index (χ1) is 15.1. The third kappa shape index (κ3) is 5.32. The predicted molar refractivity (Wildman–Crippen MR) is 125 cm³/mol. The van der Waals surface area contributed by atoms with Crippen LogP contribution in [0.5, 0.6) is 0 Å². The lowest BCUT2D eigenvalue weighted by Crippen LogP contribution is -2.34. The lowest BCUT2D eigenvalue weighted by molar-refractivity contribution is 0.00693. The second-order valence-corrected chi connectivity index (χ2v) is 9.09. The lowest BCUT2D eigenvalue weighted by atomic mass is 10.1. The van der Waals surface area contributed by atoms with E-state index in [2.05, 4.69) is 60.8 Å². The van der Waals surface area contributed by atoms with Gasteiger partial charge in [0.1, 0.15) is 18.1 Å². The monoisotopic (exact) mass is 487 g/mol. The molecule has 3 aromatic rings. The van der Waals surface area contributed by atoms with Crippen molar-refractivity contribution in [3.63, 3.8) is 0 Å². The predicted octanol–water partition coefficient (Wildman–Crippen LogP) is 2.29. The van der Waals surface area contributed by atoms with Crippen LogP contribution in [0.25, 0.3) is 11.0 Å². The summed E-state index contributed by atoms with van der Waals surface area (Å²) < 4.78 is 2.86. The molecule has 2 aromatic heterocycles. The fourth-order valence-corrected chi connectivity index (χ4v) is 4.91. The Labute approximate surface area is 191 Å². The van der Waals surface area contributed by atoms with Crippen molar-refractivity contribution in [3.05, 3.63) is 59.1 Å². The maximum atomic E-state index is 10.7. The van der Waals surface area contributed by atoms with Crippen LogP contribution in [0.1, 0.15) is 24.4 Å². The number of aliphatic hydroxyl groups is 2. The molecule has 4 rings (SSSR count). The molecule has 2 heterocycles. The van der Waals surface area contributed by atoms with Gasteiger partial charge in [0, 0.05) is 29.3 Å². The van der Waals surface area contributed by atoms with Crippen LogP contribution in [0, 0.1) is 5.92 Å². The van der Waals surface area contributed by atoms with Crippen LogP contribution >= 0.6 is 15.9 Å². The number of rotatable bonds is 10. The Morgan fingerprint density at radius 3 is 2.71 bits per heavy atom. The molecule has 8 heteroatoms. The van der Waals surface area contributed by atoms with E-state index in [-0.39, 0.29) is 12.0 Å². The van der Waals surface area contributed by atoms with Crippen LogP contribution in [0.15, 0.2) is 53.5 Å². The SMILES string of the molecule is O[C@@H]1[C@@H](CNCCCNCCc2ccccc2)C[C@@H](n2cc(Br)c3cncnc32)[C@@H]1O. The van der Waals surface area contributed by atoms with E-state index >= 15 is 0 Å². The minimum Gasteiger partial charge on any atom is -0.390 e. The van der Waals surface area contributed by atoms with Gasteiger partial charge >= 0.3 is 0 Å². The molecule has 0 spiro atoms. The number of aromatic nitrogens is 3. The number of nitrogens with one attached hydrogen (secondary N) is 2. The molecule has 4 N–H and O–H groups in total. The summed E-state index contributed by atoms with van der Waals surface area (Å²) in [5, 5.41) is 29.1. The van der Waals surface area contributed by atoms with E-state index < -0.39 is 12.2 Å². The van der Waals surface area contributed by atoms with Crippen molar-refractivity contribution in [1.29, 1.82) is 0 Å². The lowest BCUT2D eigenvalue weighted by Gasteiger charge is -2.19. The Morgan fingerprint density at radius 2 is 1.87 bits per heavy atom. The Morgan fingerprint density at radius 1 is 1.06 bits per heavy atom. The van der Waals surface area contributed by atoms with Crippen LogP contribution in [0.3, 0.4) is 0 Å². The average molecular weight is 488 g/mol. The first-order valence-electron chi connectivity index (χ1n) is 10.9. The summed E-state index contributed by atoms with van der Waals surface area (Å²) in [5.41, 5.74) is 2.12. The van der Waals surface area contributed by atoms with Gasteiger partial charge in [0.15, 0.2) is 0 Å². The molecule has 1 aliphatic carbocycles. The van der Waals surface area contributed by atoms with E-state index in [1.807, 2.05) is 16.8 Å². The fraction of sp³-hybridized carbons (Fsp3) is 0.478. The second kappa shape index (κ2) is 10.7. The van der Waals surface area contributed by atoms with E-state index in [0.717, 1.165) is 48.0 Å². The van der Waals surface area contributed by atoms with Crippen molar-refractivity contribution in [1.82, 2.24) is 25.2 Å². The van der Waals surface area contributed by atoms with Crippen molar-refractivity contribution in [3.8, 4) is 0 Å². The molecule has 7 nitrogen and oxygen atoms in total. The third-order valence-electron chi connectivity index (χ3n) is 6.12. The van der Waals surface area contributed by atoms with Crippen molar-refractivity contribution in [2.75, 3.05) is 26.2 Å². The summed E-state index contributed by atoms with van der Waals surface area (Å²) >= 11 is 3.54. The van der Waals surface area contributed by atoms with Gasteiger partial charge < -0.3 is 25.4 Å². The molecule has 166 valence electrons. The first kappa shape index (κ1) is 22.4. The maximum Gasteiger partial charge on any atom is 0.144 e. The summed E-state index contributed by atoms with van der Waals surface area (Å²) in [4.78, 5) is 8.44. The second-order valence-electron chi connectivity index (χ2n) is 8.23. The van der Waals surface area contributed by atoms with Gasteiger partial charge in [-0.05, 0) is 60.4 Å². The zero-order valence-corrected chi connectivity index (χ0v) is 19.1. The highest BCUT2D eigenvalue weighted by Crippen LogP contribution is 2.38. The van der Waals surface area contributed by atoms with Crippen molar-refractivity contribution in [2.24, 2.45) is 5.92 Å². The summed E-state index contributed by atoms with van der Waals surface area (Å²) in [5.74, 6) is 0.00380. The maximum absolute atomic E-state index is 10.7. The molecule has 0 unspecified atom stereocenters. The number of hydrogen-bond acceptors (Lipinski definition) is 6. The van der Waals surface area contributed by atoms with Crippen molar-refractivity contribution < 1.29 is 10.2 Å². The third-order valence-corrected chi connectivity index (χ3v) is 6.75. The largest absolute Gasteiger partial charge is 0.390 e. The number of fused-ring (bicyclic) bond motifs is 1. The molecule has 1 fully saturated rings. The van der Waals surface area contributed by atoms with Gasteiger partial charge in [0.05, 0.1) is 17.5 Å². The number of hydrogen-bond donors (Lipinski definition) is 4. The first-order valence-corrected chi connectivity index (χ1v) is 11.7. The Hall–Kier alpha value is -1.84. The van der Waals surface area contributed by atoms with E-state index in [1.165, 1.54) is 11.9 Å². The molecule has 0 aliphatic heterocycles. The minimum absolute atomic E-state index is 0.00380. The quantitative estimate of drug-likeness (QED) is 0.327. The highest BCUT2D eigenvalue weighted by atomic mass is 79.9. The van der Waals surface area contributed by atoms with Gasteiger partial charge in [-0.25, -0.2) is 9.97 Å². The summed E-state index contributed by atoms with van der Waals surface area (Å²) in [6.07, 6.45) is 6.39. The van der Waals surface area contributed by atoms with E-state index in [9.17, 15) is 10.2 Å². The van der Waals surface area contributed by atoms with Crippen LogP contribution < -0.4 is 10.6 Å². The molecule has 0 bridgehead atoms. The van der Waals surface area contributed by atoms with Crippen LogP contribution in [-0.2, 0) is 6.42 Å². The molecule has 4 atom stereocenters. The molecular weight excluding hydrogens is 458 g/mol. The highest BCUT2D eigenvalue weighted by molar-refractivity contribution is 9.10. The van der Waals surface area contributed by atoms with Crippen LogP contribution in [0.4, 0.5) is 0 Å². The molecular formula is C23H30BrN5O2. The van der Waals surface area contributed by atoms with Gasteiger partial charge in [-0.3, -0.25) is 0 Å². The molecule has 1 aromatic carbocycles. The van der Waals surface area contributed by atoms with Gasteiger partial charge in [0.2, 0.25) is 0 Å². The minimum atomic E-state index is -0.816. The van der Waals surface area contributed by atoms with Gasteiger partial charge in [-0.1, -0.05) is 30.3 Å². The van der Waals surface area contributed by atoms with Gasteiger partial charge in [-0.15, -0.1) is 0 Å². The van der Waals surface area contributed by atoms with Gasteiger partial charge in [-0.2, -0.15) is 0 Å². The topological polar surface area (TPSA) is 95.2 Å². The van der Waals surface area contributed by atoms with E-state index in [4.69, 9.17) is 0 Å². The summed E-state index contributed by atoms with van der Waals surface area (Å²) in [6, 6.07) is 10.3. The molecule has 0 radical (unpaired) electrons. The Bertz CT molecular complexity index is 967. The van der Waals surface area contributed by atoms with E-state index in [0.29, 0.717) is 13.0 Å². The zero-order chi connectivity index (χ0) is 21.6. The molecule has 0 saturated heterocycles. The standard InChI is InChI=1S/C23H30BrN5O2/c24-19-14-29(23-18(19)13-27-15-28-23)20-11-17(21(30)22(20)31)12-26-9-4-8-25-10-7-16-5-2-1-3-6-16/h1-3,5-6,13-15,17,20-22,25-26,30-31H,4,7-12H2/t17-,20-,21-,22+/m1/s1. The smallest absolute Gasteiger partial charge is 0.144 e. The normalized spacial score (nSPS) is 23.6. The van der Waals surface area contributed by atoms with Gasteiger partial charge in [0.25, 0.3) is 0 Å². The Balaban J connectivity index is 1.19.